The fourth-order valence-corrected chi connectivity index (χ4v) is 2.22. The van der Waals surface area contributed by atoms with Crippen molar-refractivity contribution in [1.82, 2.24) is 10.6 Å². The number of benzene rings is 1. The molecule has 1 aromatic rings. The van der Waals surface area contributed by atoms with E-state index in [1.54, 1.807) is 24.3 Å². The van der Waals surface area contributed by atoms with Crippen molar-refractivity contribution in [3.05, 3.63) is 35.4 Å². The zero-order chi connectivity index (χ0) is 14.5. The molecule has 2 amide bonds. The molecule has 1 unspecified atom stereocenters. The SMILES string of the molecule is O=C1CCC(NCCc2ccccc2C(=O)O)C(=O)N1. The van der Waals surface area contributed by atoms with E-state index in [9.17, 15) is 14.4 Å². The number of nitrogens with one attached hydrogen (secondary N) is 2. The molecule has 0 bridgehead atoms. The van der Waals surface area contributed by atoms with E-state index in [2.05, 4.69) is 10.6 Å². The van der Waals surface area contributed by atoms with E-state index < -0.39 is 5.97 Å². The maximum atomic E-state index is 11.5. The summed E-state index contributed by atoms with van der Waals surface area (Å²) >= 11 is 0. The van der Waals surface area contributed by atoms with Crippen LogP contribution in [0.4, 0.5) is 0 Å². The molecule has 1 aromatic carbocycles. The van der Waals surface area contributed by atoms with Crippen molar-refractivity contribution in [2.45, 2.75) is 25.3 Å². The smallest absolute Gasteiger partial charge is 0.335 e. The van der Waals surface area contributed by atoms with Crippen molar-refractivity contribution in [1.29, 1.82) is 0 Å². The zero-order valence-corrected chi connectivity index (χ0v) is 10.9. The number of aromatic carboxylic acids is 1. The minimum absolute atomic E-state index is 0.246. The Labute approximate surface area is 116 Å². The van der Waals surface area contributed by atoms with Crippen molar-refractivity contribution in [3.8, 4) is 0 Å². The summed E-state index contributed by atoms with van der Waals surface area (Å²) in [5, 5.41) is 14.4. The standard InChI is InChI=1S/C14H16N2O4/c17-12-6-5-11(13(18)16-12)15-8-7-9-3-1-2-4-10(9)14(19)20/h1-4,11,15H,5-8H2,(H,19,20)(H,16,17,18). The molecule has 0 aliphatic carbocycles. The van der Waals surface area contributed by atoms with Crippen molar-refractivity contribution in [2.75, 3.05) is 6.54 Å². The van der Waals surface area contributed by atoms with Gasteiger partial charge in [-0.1, -0.05) is 18.2 Å². The van der Waals surface area contributed by atoms with E-state index in [0.717, 1.165) is 5.56 Å². The summed E-state index contributed by atoms with van der Waals surface area (Å²) in [5.41, 5.74) is 0.998. The molecule has 6 heteroatoms. The highest BCUT2D eigenvalue weighted by molar-refractivity contribution is 6.00. The van der Waals surface area contributed by atoms with E-state index in [4.69, 9.17) is 5.11 Å². The highest BCUT2D eigenvalue weighted by Gasteiger charge is 2.25. The van der Waals surface area contributed by atoms with E-state index in [-0.39, 0.29) is 23.4 Å². The first kappa shape index (κ1) is 14.2. The van der Waals surface area contributed by atoms with Gasteiger partial charge in [0.1, 0.15) is 0 Å². The topological polar surface area (TPSA) is 95.5 Å². The number of carbonyl (C=O) groups is 3. The summed E-state index contributed by atoms with van der Waals surface area (Å²) in [7, 11) is 0. The molecule has 106 valence electrons. The molecule has 0 aromatic heterocycles. The molecule has 0 radical (unpaired) electrons. The van der Waals surface area contributed by atoms with Gasteiger partial charge in [-0.2, -0.15) is 0 Å². The number of piperidine rings is 1. The third-order valence-electron chi connectivity index (χ3n) is 3.27. The molecule has 2 rings (SSSR count). The number of carboxylic acid groups (broad SMARTS) is 1. The summed E-state index contributed by atoms with van der Waals surface area (Å²) in [6.07, 6.45) is 1.32. The van der Waals surface area contributed by atoms with Crippen molar-refractivity contribution in [3.63, 3.8) is 0 Å². The Balaban J connectivity index is 1.89. The van der Waals surface area contributed by atoms with Crippen LogP contribution < -0.4 is 10.6 Å². The highest BCUT2D eigenvalue weighted by atomic mass is 16.4. The number of hydrogen-bond donors (Lipinski definition) is 3. The van der Waals surface area contributed by atoms with E-state index in [0.29, 0.717) is 25.8 Å². The second kappa shape index (κ2) is 6.29. The van der Waals surface area contributed by atoms with Gasteiger partial charge in [-0.3, -0.25) is 14.9 Å². The Hall–Kier alpha value is -2.21. The normalized spacial score (nSPS) is 18.7. The molecule has 0 spiro atoms. The van der Waals surface area contributed by atoms with Crippen LogP contribution in [0.2, 0.25) is 0 Å². The third-order valence-corrected chi connectivity index (χ3v) is 3.27. The number of carbonyl (C=O) groups excluding carboxylic acids is 2. The Morgan fingerprint density at radius 2 is 2.10 bits per heavy atom. The van der Waals surface area contributed by atoms with Crippen LogP contribution >= 0.6 is 0 Å². The molecule has 6 nitrogen and oxygen atoms in total. The lowest BCUT2D eigenvalue weighted by atomic mass is 10.0. The summed E-state index contributed by atoms with van der Waals surface area (Å²) in [5.74, 6) is -1.52. The van der Waals surface area contributed by atoms with Gasteiger partial charge in [0.25, 0.3) is 0 Å². The van der Waals surface area contributed by atoms with Crippen LogP contribution in [0.1, 0.15) is 28.8 Å². The predicted octanol–water partition coefficient (Wildman–Crippen LogP) is 0.322. The van der Waals surface area contributed by atoms with Gasteiger partial charge in [-0.25, -0.2) is 4.79 Å². The zero-order valence-electron chi connectivity index (χ0n) is 10.9. The van der Waals surface area contributed by atoms with Crippen LogP contribution in [-0.2, 0) is 16.0 Å². The van der Waals surface area contributed by atoms with Gasteiger partial charge in [-0.15, -0.1) is 0 Å². The average molecular weight is 276 g/mol. The quantitative estimate of drug-likeness (QED) is 0.673. The van der Waals surface area contributed by atoms with Crippen LogP contribution in [0.15, 0.2) is 24.3 Å². The summed E-state index contributed by atoms with van der Waals surface area (Å²) in [6.45, 7) is 0.483. The average Bonchev–Trinajstić information content (AvgIpc) is 2.41. The van der Waals surface area contributed by atoms with Crippen LogP contribution in [0.3, 0.4) is 0 Å². The first-order valence-corrected chi connectivity index (χ1v) is 6.46. The Bertz CT molecular complexity index is 542. The van der Waals surface area contributed by atoms with Gasteiger partial charge in [0, 0.05) is 6.42 Å². The number of rotatable bonds is 5. The molecule has 20 heavy (non-hydrogen) atoms. The largest absolute Gasteiger partial charge is 0.478 e. The van der Waals surface area contributed by atoms with Crippen molar-refractivity contribution < 1.29 is 19.5 Å². The number of hydrogen-bond acceptors (Lipinski definition) is 4. The fourth-order valence-electron chi connectivity index (χ4n) is 2.22. The lowest BCUT2D eigenvalue weighted by Crippen LogP contribution is -2.51. The molecule has 0 saturated carbocycles. The monoisotopic (exact) mass is 276 g/mol. The Kier molecular flexibility index (Phi) is 4.47. The Morgan fingerprint density at radius 1 is 1.35 bits per heavy atom. The molecule has 3 N–H and O–H groups in total. The fraction of sp³-hybridized carbons (Fsp3) is 0.357. The van der Waals surface area contributed by atoms with Gasteiger partial charge < -0.3 is 10.4 Å². The molecule has 1 aliphatic heterocycles. The second-order valence-electron chi connectivity index (χ2n) is 4.67. The first-order chi connectivity index (χ1) is 9.58. The maximum absolute atomic E-state index is 11.5. The maximum Gasteiger partial charge on any atom is 0.335 e. The summed E-state index contributed by atoms with van der Waals surface area (Å²) in [4.78, 5) is 33.6. The predicted molar refractivity (Wildman–Crippen MR) is 71.3 cm³/mol. The van der Waals surface area contributed by atoms with Crippen LogP contribution in [0, 0.1) is 0 Å². The van der Waals surface area contributed by atoms with E-state index in [1.807, 2.05) is 0 Å². The molecule has 1 heterocycles. The highest BCUT2D eigenvalue weighted by Crippen LogP contribution is 2.10. The molecule has 1 aliphatic rings. The number of amides is 2. The second-order valence-corrected chi connectivity index (χ2v) is 4.67. The van der Waals surface area contributed by atoms with Gasteiger partial charge in [-0.05, 0) is 31.0 Å². The minimum atomic E-state index is -0.957. The van der Waals surface area contributed by atoms with Gasteiger partial charge >= 0.3 is 5.97 Å². The summed E-state index contributed by atoms with van der Waals surface area (Å²) in [6, 6.07) is 6.40. The van der Waals surface area contributed by atoms with Crippen molar-refractivity contribution >= 4 is 17.8 Å². The van der Waals surface area contributed by atoms with E-state index in [1.165, 1.54) is 0 Å². The molecule has 1 fully saturated rings. The number of carboxylic acids is 1. The lowest BCUT2D eigenvalue weighted by molar-refractivity contribution is -0.134. The van der Waals surface area contributed by atoms with Gasteiger partial charge in [0.05, 0.1) is 11.6 Å². The molecule has 1 saturated heterocycles. The third kappa shape index (κ3) is 3.42. The van der Waals surface area contributed by atoms with Gasteiger partial charge in [0.2, 0.25) is 11.8 Å². The lowest BCUT2D eigenvalue weighted by Gasteiger charge is -2.21. The number of imide groups is 1. The summed E-state index contributed by atoms with van der Waals surface area (Å²) < 4.78 is 0. The molecule has 1 atom stereocenters. The first-order valence-electron chi connectivity index (χ1n) is 6.46. The van der Waals surface area contributed by atoms with Crippen molar-refractivity contribution in [2.24, 2.45) is 0 Å². The Morgan fingerprint density at radius 3 is 2.80 bits per heavy atom. The minimum Gasteiger partial charge on any atom is -0.478 e. The van der Waals surface area contributed by atoms with Crippen LogP contribution in [0.25, 0.3) is 0 Å². The van der Waals surface area contributed by atoms with Crippen LogP contribution in [-0.4, -0.2) is 35.5 Å². The van der Waals surface area contributed by atoms with Gasteiger partial charge in [0.15, 0.2) is 0 Å². The van der Waals surface area contributed by atoms with Crippen LogP contribution in [0.5, 0.6) is 0 Å². The van der Waals surface area contributed by atoms with E-state index >= 15 is 0 Å². The molecular weight excluding hydrogens is 260 g/mol. The molecular formula is C14H16N2O4.